The lowest BCUT2D eigenvalue weighted by Crippen LogP contribution is -2.07. The molecule has 0 aliphatic rings. The number of ether oxygens (including phenoxy) is 1. The van der Waals surface area contributed by atoms with E-state index < -0.39 is 0 Å². The standard InChI is InChI=1S/C23H31NO2/c1-4-6-7-8-19-9-12-21(13-10-19)24-16-20-11-14-22(15-23(20)25)26-17-18(3)5-2/h9-16,18,25H,4-8,17H2,1-3H3/t18-/m0/s1. The van der Waals surface area contributed by atoms with Crippen molar-refractivity contribution in [2.45, 2.75) is 52.9 Å². The maximum absolute atomic E-state index is 10.2. The molecule has 0 aliphatic heterocycles. The van der Waals surface area contributed by atoms with Crippen LogP contribution < -0.4 is 4.74 Å². The highest BCUT2D eigenvalue weighted by atomic mass is 16.5. The number of benzene rings is 2. The van der Waals surface area contributed by atoms with Gasteiger partial charge in [0.15, 0.2) is 0 Å². The van der Waals surface area contributed by atoms with Crippen molar-refractivity contribution in [3.63, 3.8) is 0 Å². The first-order valence-electron chi connectivity index (χ1n) is 9.71. The Hall–Kier alpha value is -2.29. The summed E-state index contributed by atoms with van der Waals surface area (Å²) in [5.74, 6) is 1.38. The van der Waals surface area contributed by atoms with Gasteiger partial charge in [-0.1, -0.05) is 52.2 Å². The Kier molecular flexibility index (Phi) is 8.20. The number of aryl methyl sites for hydroxylation is 1. The van der Waals surface area contributed by atoms with Gasteiger partial charge < -0.3 is 9.84 Å². The van der Waals surface area contributed by atoms with Crippen LogP contribution >= 0.6 is 0 Å². The van der Waals surface area contributed by atoms with E-state index in [9.17, 15) is 5.11 Å². The van der Waals surface area contributed by atoms with E-state index in [2.05, 4.69) is 37.9 Å². The normalized spacial score (nSPS) is 12.4. The summed E-state index contributed by atoms with van der Waals surface area (Å²) in [6.45, 7) is 7.17. The fourth-order valence-electron chi connectivity index (χ4n) is 2.55. The molecule has 0 aliphatic carbocycles. The fourth-order valence-corrected chi connectivity index (χ4v) is 2.55. The second kappa shape index (κ2) is 10.6. The lowest BCUT2D eigenvalue weighted by atomic mass is 10.1. The minimum Gasteiger partial charge on any atom is -0.507 e. The van der Waals surface area contributed by atoms with Crippen LogP contribution in [0.1, 0.15) is 57.6 Å². The van der Waals surface area contributed by atoms with E-state index in [0.29, 0.717) is 23.8 Å². The van der Waals surface area contributed by atoms with Gasteiger partial charge >= 0.3 is 0 Å². The average molecular weight is 354 g/mol. The number of aromatic hydroxyl groups is 1. The first-order valence-corrected chi connectivity index (χ1v) is 9.71. The van der Waals surface area contributed by atoms with Gasteiger partial charge in [-0.15, -0.1) is 0 Å². The number of phenols is 1. The van der Waals surface area contributed by atoms with Crippen LogP contribution in [0.25, 0.3) is 0 Å². The van der Waals surface area contributed by atoms with Gasteiger partial charge in [-0.3, -0.25) is 4.99 Å². The summed E-state index contributed by atoms with van der Waals surface area (Å²) < 4.78 is 5.71. The van der Waals surface area contributed by atoms with Gasteiger partial charge in [0.2, 0.25) is 0 Å². The Bertz CT molecular complexity index is 692. The van der Waals surface area contributed by atoms with Crippen molar-refractivity contribution in [2.24, 2.45) is 10.9 Å². The predicted octanol–water partition coefficient (Wildman–Crippen LogP) is 6.30. The fraction of sp³-hybridized carbons (Fsp3) is 0.435. The van der Waals surface area contributed by atoms with Gasteiger partial charge in [-0.25, -0.2) is 0 Å². The maximum Gasteiger partial charge on any atom is 0.128 e. The molecular weight excluding hydrogens is 322 g/mol. The summed E-state index contributed by atoms with van der Waals surface area (Å²) in [5, 5.41) is 10.2. The summed E-state index contributed by atoms with van der Waals surface area (Å²) in [6, 6.07) is 13.7. The maximum atomic E-state index is 10.2. The number of aliphatic imine (C=N–C) groups is 1. The van der Waals surface area contributed by atoms with Gasteiger partial charge in [0.25, 0.3) is 0 Å². The van der Waals surface area contributed by atoms with Crippen LogP contribution in [0, 0.1) is 5.92 Å². The van der Waals surface area contributed by atoms with Gasteiger partial charge in [0, 0.05) is 17.8 Å². The molecule has 1 N–H and O–H groups in total. The van der Waals surface area contributed by atoms with Crippen molar-refractivity contribution in [1.29, 1.82) is 0 Å². The van der Waals surface area contributed by atoms with Crippen LogP contribution in [0.15, 0.2) is 47.5 Å². The molecule has 2 aromatic rings. The van der Waals surface area contributed by atoms with Crippen molar-refractivity contribution < 1.29 is 9.84 Å². The summed E-state index contributed by atoms with van der Waals surface area (Å²) in [6.07, 6.45) is 7.65. The Labute approximate surface area is 157 Å². The second-order valence-corrected chi connectivity index (χ2v) is 6.93. The third kappa shape index (κ3) is 6.55. The number of phenolic OH excluding ortho intramolecular Hbond substituents is 1. The molecule has 2 aromatic carbocycles. The molecule has 0 heterocycles. The van der Waals surface area contributed by atoms with Crippen LogP contribution in [0.2, 0.25) is 0 Å². The highest BCUT2D eigenvalue weighted by molar-refractivity contribution is 5.85. The van der Waals surface area contributed by atoms with Crippen molar-refractivity contribution in [3.05, 3.63) is 53.6 Å². The predicted molar refractivity (Wildman–Crippen MR) is 110 cm³/mol. The van der Waals surface area contributed by atoms with Crippen LogP contribution in [-0.2, 0) is 6.42 Å². The van der Waals surface area contributed by atoms with Crippen LogP contribution in [0.5, 0.6) is 11.5 Å². The van der Waals surface area contributed by atoms with E-state index in [1.165, 1.54) is 24.8 Å². The summed E-state index contributed by atoms with van der Waals surface area (Å²) in [7, 11) is 0. The molecule has 1 atom stereocenters. The second-order valence-electron chi connectivity index (χ2n) is 6.93. The third-order valence-electron chi connectivity index (χ3n) is 4.59. The monoisotopic (exact) mass is 353 g/mol. The molecule has 3 heteroatoms. The molecule has 0 spiro atoms. The Morgan fingerprint density at radius 3 is 2.50 bits per heavy atom. The summed E-state index contributed by atoms with van der Waals surface area (Å²) >= 11 is 0. The molecule has 26 heavy (non-hydrogen) atoms. The SMILES string of the molecule is CCCCCc1ccc(N=Cc2ccc(OC[C@@H](C)CC)cc2O)cc1. The van der Waals surface area contributed by atoms with Crippen molar-refractivity contribution >= 4 is 11.9 Å². The Balaban J connectivity index is 1.94. The topological polar surface area (TPSA) is 41.8 Å². The minimum atomic E-state index is 0.187. The van der Waals surface area contributed by atoms with Crippen LogP contribution in [0.3, 0.4) is 0 Å². The smallest absolute Gasteiger partial charge is 0.128 e. The molecule has 3 nitrogen and oxygen atoms in total. The Morgan fingerprint density at radius 2 is 1.85 bits per heavy atom. The molecule has 0 radical (unpaired) electrons. The quantitative estimate of drug-likeness (QED) is 0.402. The highest BCUT2D eigenvalue weighted by Crippen LogP contribution is 2.24. The van der Waals surface area contributed by atoms with E-state index in [0.717, 1.165) is 18.5 Å². The van der Waals surface area contributed by atoms with E-state index in [4.69, 9.17) is 4.74 Å². The van der Waals surface area contributed by atoms with Crippen LogP contribution in [0.4, 0.5) is 5.69 Å². The van der Waals surface area contributed by atoms with E-state index in [1.54, 1.807) is 12.3 Å². The molecule has 0 bridgehead atoms. The zero-order valence-electron chi connectivity index (χ0n) is 16.2. The van der Waals surface area contributed by atoms with E-state index in [1.807, 2.05) is 24.3 Å². The molecule has 0 unspecified atom stereocenters. The van der Waals surface area contributed by atoms with Crippen molar-refractivity contribution in [3.8, 4) is 11.5 Å². The van der Waals surface area contributed by atoms with E-state index >= 15 is 0 Å². The number of hydrogen-bond donors (Lipinski definition) is 1. The summed E-state index contributed by atoms with van der Waals surface area (Å²) in [5.41, 5.74) is 2.93. The van der Waals surface area contributed by atoms with E-state index in [-0.39, 0.29) is 5.75 Å². The van der Waals surface area contributed by atoms with Gasteiger partial charge in [0.05, 0.1) is 12.3 Å². The Morgan fingerprint density at radius 1 is 1.08 bits per heavy atom. The molecule has 140 valence electrons. The molecule has 0 aromatic heterocycles. The summed E-state index contributed by atoms with van der Waals surface area (Å²) in [4.78, 5) is 4.47. The van der Waals surface area contributed by atoms with Crippen molar-refractivity contribution in [2.75, 3.05) is 6.61 Å². The van der Waals surface area contributed by atoms with Gasteiger partial charge in [0.1, 0.15) is 11.5 Å². The van der Waals surface area contributed by atoms with Crippen LogP contribution in [-0.4, -0.2) is 17.9 Å². The molecule has 0 saturated heterocycles. The largest absolute Gasteiger partial charge is 0.507 e. The minimum absolute atomic E-state index is 0.187. The highest BCUT2D eigenvalue weighted by Gasteiger charge is 2.04. The zero-order valence-corrected chi connectivity index (χ0v) is 16.2. The average Bonchev–Trinajstić information content (AvgIpc) is 2.66. The number of rotatable bonds is 10. The molecule has 0 amide bonds. The number of nitrogens with zero attached hydrogens (tertiary/aromatic N) is 1. The van der Waals surface area contributed by atoms with Crippen molar-refractivity contribution in [1.82, 2.24) is 0 Å². The first kappa shape index (κ1) is 20.0. The van der Waals surface area contributed by atoms with Gasteiger partial charge in [-0.05, 0) is 48.6 Å². The number of hydrogen-bond acceptors (Lipinski definition) is 3. The zero-order chi connectivity index (χ0) is 18.8. The number of unbranched alkanes of at least 4 members (excludes halogenated alkanes) is 2. The first-order chi connectivity index (χ1) is 12.6. The lowest BCUT2D eigenvalue weighted by molar-refractivity contribution is 0.255. The lowest BCUT2D eigenvalue weighted by Gasteiger charge is -2.11. The van der Waals surface area contributed by atoms with Gasteiger partial charge in [-0.2, -0.15) is 0 Å². The molecule has 0 saturated carbocycles. The molecule has 2 rings (SSSR count). The molecule has 0 fully saturated rings. The molecular formula is C23H31NO2. The third-order valence-corrected chi connectivity index (χ3v) is 4.59.